The molecule has 0 bridgehead atoms. The number of aromatic nitrogens is 4. The third-order valence-corrected chi connectivity index (χ3v) is 5.72. The van der Waals surface area contributed by atoms with Gasteiger partial charge in [0.15, 0.2) is 5.82 Å². The Kier molecular flexibility index (Phi) is 8.05. The van der Waals surface area contributed by atoms with Gasteiger partial charge in [-0.05, 0) is 61.6 Å². The van der Waals surface area contributed by atoms with E-state index in [0.717, 1.165) is 22.4 Å². The number of pyridine rings is 1. The SMILES string of the molecule is Cc1cnccc1-c1nn(C(C)C(=O)N(CC(C)C)CC(C)C)c(=O)n1-c1ccc(C(F)(F)F)cc1. The molecule has 0 saturated heterocycles. The number of aryl methyl sites for hydroxylation is 1. The van der Waals surface area contributed by atoms with E-state index in [1.807, 2.05) is 27.7 Å². The van der Waals surface area contributed by atoms with Crippen molar-refractivity contribution in [1.82, 2.24) is 24.2 Å². The number of benzene rings is 1. The summed E-state index contributed by atoms with van der Waals surface area (Å²) in [5.41, 5.74) is 0.0849. The summed E-state index contributed by atoms with van der Waals surface area (Å²) in [5, 5.41) is 4.52. The van der Waals surface area contributed by atoms with Gasteiger partial charge in [-0.15, -0.1) is 5.10 Å². The Morgan fingerprint density at radius 3 is 2.08 bits per heavy atom. The van der Waals surface area contributed by atoms with Crippen molar-refractivity contribution >= 4 is 5.91 Å². The second kappa shape index (κ2) is 10.7. The Balaban J connectivity index is 2.15. The molecular weight excluding hydrogens is 471 g/mol. The molecule has 0 N–H and O–H groups in total. The highest BCUT2D eigenvalue weighted by Gasteiger charge is 2.31. The van der Waals surface area contributed by atoms with E-state index in [1.165, 1.54) is 16.7 Å². The van der Waals surface area contributed by atoms with Crippen LogP contribution in [0, 0.1) is 18.8 Å². The number of amides is 1. The molecule has 194 valence electrons. The number of halogens is 3. The van der Waals surface area contributed by atoms with Crippen LogP contribution < -0.4 is 5.69 Å². The first kappa shape index (κ1) is 27.2. The fraction of sp³-hybridized carbons (Fsp3) is 0.462. The molecule has 0 saturated carbocycles. The highest BCUT2D eigenvalue weighted by molar-refractivity contribution is 5.80. The van der Waals surface area contributed by atoms with Gasteiger partial charge in [0.05, 0.1) is 11.3 Å². The van der Waals surface area contributed by atoms with Gasteiger partial charge in [-0.1, -0.05) is 27.7 Å². The van der Waals surface area contributed by atoms with Crippen molar-refractivity contribution in [2.75, 3.05) is 13.1 Å². The van der Waals surface area contributed by atoms with E-state index in [-0.39, 0.29) is 29.3 Å². The smallest absolute Gasteiger partial charge is 0.340 e. The molecule has 0 aliphatic heterocycles. The Hall–Kier alpha value is -3.43. The number of hydrogen-bond donors (Lipinski definition) is 0. The molecule has 10 heteroatoms. The summed E-state index contributed by atoms with van der Waals surface area (Å²) in [7, 11) is 0. The summed E-state index contributed by atoms with van der Waals surface area (Å²) in [6.45, 7) is 12.5. The molecule has 0 radical (unpaired) electrons. The normalized spacial score (nSPS) is 12.9. The van der Waals surface area contributed by atoms with Crippen molar-refractivity contribution in [1.29, 1.82) is 0 Å². The Bertz CT molecular complexity index is 1250. The molecule has 2 aromatic heterocycles. The standard InChI is InChI=1S/C26H32F3N5O2/c1-16(2)14-32(15-17(3)4)24(35)19(6)34-25(36)33(21-9-7-20(8-10-21)26(27,28)29)23(31-34)22-11-12-30-13-18(22)5/h7-13,16-17,19H,14-15H2,1-6H3. The van der Waals surface area contributed by atoms with Gasteiger partial charge >= 0.3 is 11.9 Å². The number of alkyl halides is 3. The summed E-state index contributed by atoms with van der Waals surface area (Å²) in [5.74, 6) is 0.445. The van der Waals surface area contributed by atoms with Crippen LogP contribution in [0.3, 0.4) is 0 Å². The van der Waals surface area contributed by atoms with Gasteiger partial charge in [-0.3, -0.25) is 9.78 Å². The number of hydrogen-bond acceptors (Lipinski definition) is 4. The minimum Gasteiger partial charge on any atom is -0.340 e. The van der Waals surface area contributed by atoms with Crippen molar-refractivity contribution in [3.63, 3.8) is 0 Å². The molecule has 0 aliphatic rings. The minimum atomic E-state index is -4.50. The molecule has 2 heterocycles. The van der Waals surface area contributed by atoms with Gasteiger partial charge in [-0.2, -0.15) is 13.2 Å². The molecular formula is C26H32F3N5O2. The van der Waals surface area contributed by atoms with Gasteiger partial charge in [0, 0.05) is 31.0 Å². The predicted octanol–water partition coefficient (Wildman–Crippen LogP) is 5.12. The lowest BCUT2D eigenvalue weighted by Gasteiger charge is -2.28. The Labute approximate surface area is 208 Å². The molecule has 1 atom stereocenters. The van der Waals surface area contributed by atoms with Gasteiger partial charge in [0.1, 0.15) is 6.04 Å². The summed E-state index contributed by atoms with van der Waals surface area (Å²) in [4.78, 5) is 32.9. The van der Waals surface area contributed by atoms with Crippen LogP contribution in [0.2, 0.25) is 0 Å². The number of rotatable bonds is 8. The molecule has 3 aromatic rings. The van der Waals surface area contributed by atoms with E-state index in [0.29, 0.717) is 18.7 Å². The van der Waals surface area contributed by atoms with E-state index >= 15 is 0 Å². The molecule has 1 amide bonds. The third kappa shape index (κ3) is 5.85. The van der Waals surface area contributed by atoms with Crippen molar-refractivity contribution in [3.8, 4) is 17.1 Å². The maximum atomic E-state index is 13.6. The molecule has 0 aliphatic carbocycles. The largest absolute Gasteiger partial charge is 0.416 e. The van der Waals surface area contributed by atoms with Crippen molar-refractivity contribution in [3.05, 3.63) is 64.3 Å². The zero-order chi connectivity index (χ0) is 26.8. The zero-order valence-corrected chi connectivity index (χ0v) is 21.4. The quantitative estimate of drug-likeness (QED) is 0.428. The average molecular weight is 504 g/mol. The first-order valence-corrected chi connectivity index (χ1v) is 11.9. The predicted molar refractivity (Wildman–Crippen MR) is 132 cm³/mol. The number of carbonyl (C=O) groups excluding carboxylic acids is 1. The first-order chi connectivity index (χ1) is 16.8. The first-order valence-electron chi connectivity index (χ1n) is 11.9. The van der Waals surface area contributed by atoms with Crippen LogP contribution in [0.4, 0.5) is 13.2 Å². The highest BCUT2D eigenvalue weighted by Crippen LogP contribution is 2.30. The average Bonchev–Trinajstić information content (AvgIpc) is 3.13. The van der Waals surface area contributed by atoms with Crippen LogP contribution in [0.25, 0.3) is 17.1 Å². The molecule has 0 spiro atoms. The number of nitrogens with zero attached hydrogens (tertiary/aromatic N) is 5. The van der Waals surface area contributed by atoms with Crippen LogP contribution >= 0.6 is 0 Å². The van der Waals surface area contributed by atoms with Gasteiger partial charge in [0.25, 0.3) is 0 Å². The second-order valence-corrected chi connectivity index (χ2v) is 9.83. The summed E-state index contributed by atoms with van der Waals surface area (Å²) in [6, 6.07) is 5.07. The van der Waals surface area contributed by atoms with Crippen molar-refractivity contribution < 1.29 is 18.0 Å². The molecule has 36 heavy (non-hydrogen) atoms. The minimum absolute atomic E-state index is 0.214. The van der Waals surface area contributed by atoms with Gasteiger partial charge in [-0.25, -0.2) is 14.0 Å². The highest BCUT2D eigenvalue weighted by atomic mass is 19.4. The van der Waals surface area contributed by atoms with E-state index in [2.05, 4.69) is 10.1 Å². The van der Waals surface area contributed by atoms with E-state index in [9.17, 15) is 22.8 Å². The molecule has 1 unspecified atom stereocenters. The van der Waals surface area contributed by atoms with Crippen LogP contribution in [0.5, 0.6) is 0 Å². The Morgan fingerprint density at radius 2 is 1.58 bits per heavy atom. The van der Waals surface area contributed by atoms with Crippen LogP contribution in [-0.2, 0) is 11.0 Å². The monoisotopic (exact) mass is 503 g/mol. The zero-order valence-electron chi connectivity index (χ0n) is 21.4. The fourth-order valence-electron chi connectivity index (χ4n) is 4.07. The third-order valence-electron chi connectivity index (χ3n) is 5.72. The van der Waals surface area contributed by atoms with Crippen LogP contribution in [0.15, 0.2) is 47.5 Å². The maximum Gasteiger partial charge on any atom is 0.416 e. The molecule has 7 nitrogen and oxygen atoms in total. The van der Waals surface area contributed by atoms with E-state index in [4.69, 9.17) is 0 Å². The summed E-state index contributed by atoms with van der Waals surface area (Å²) < 4.78 is 41.7. The lowest BCUT2D eigenvalue weighted by molar-refractivity contribution is -0.137. The van der Waals surface area contributed by atoms with Crippen molar-refractivity contribution in [2.24, 2.45) is 11.8 Å². The topological polar surface area (TPSA) is 73.0 Å². The van der Waals surface area contributed by atoms with Crippen molar-refractivity contribution in [2.45, 2.75) is 53.8 Å². The van der Waals surface area contributed by atoms with Gasteiger partial charge in [0.2, 0.25) is 5.91 Å². The Morgan fingerprint density at radius 1 is 1.00 bits per heavy atom. The molecule has 0 fully saturated rings. The van der Waals surface area contributed by atoms with Gasteiger partial charge < -0.3 is 4.90 Å². The molecule has 3 rings (SSSR count). The number of carbonyl (C=O) groups is 1. The second-order valence-electron chi connectivity index (χ2n) is 9.83. The maximum absolute atomic E-state index is 13.6. The fourth-order valence-corrected chi connectivity index (χ4v) is 4.07. The summed E-state index contributed by atoms with van der Waals surface area (Å²) >= 11 is 0. The lowest BCUT2D eigenvalue weighted by Crippen LogP contribution is -2.43. The summed E-state index contributed by atoms with van der Waals surface area (Å²) in [6.07, 6.45) is -1.35. The van der Waals surface area contributed by atoms with E-state index < -0.39 is 23.5 Å². The van der Waals surface area contributed by atoms with Crippen LogP contribution in [0.1, 0.15) is 51.8 Å². The lowest BCUT2D eigenvalue weighted by atomic mass is 10.1. The van der Waals surface area contributed by atoms with Crippen LogP contribution in [-0.4, -0.2) is 43.2 Å². The molecule has 1 aromatic carbocycles. The van der Waals surface area contributed by atoms with E-state index in [1.54, 1.807) is 37.2 Å².